The van der Waals surface area contributed by atoms with E-state index in [-0.39, 0.29) is 6.04 Å². The number of H-pyrrole nitrogens is 1. The summed E-state index contributed by atoms with van der Waals surface area (Å²) < 4.78 is 26.4. The van der Waals surface area contributed by atoms with Crippen molar-refractivity contribution >= 4 is 10.0 Å². The molecule has 6 heteroatoms. The molecule has 2 heterocycles. The molecule has 17 heavy (non-hydrogen) atoms. The van der Waals surface area contributed by atoms with Crippen LogP contribution >= 0.6 is 0 Å². The van der Waals surface area contributed by atoms with Crippen LogP contribution in [0.5, 0.6) is 0 Å². The van der Waals surface area contributed by atoms with Crippen molar-refractivity contribution in [3.05, 3.63) is 18.5 Å². The quantitative estimate of drug-likeness (QED) is 0.839. The summed E-state index contributed by atoms with van der Waals surface area (Å²) in [6.07, 6.45) is 5.09. The summed E-state index contributed by atoms with van der Waals surface area (Å²) in [6.45, 7) is 3.01. The highest BCUT2D eigenvalue weighted by Crippen LogP contribution is 2.28. The Labute approximate surface area is 102 Å². The minimum atomic E-state index is -3.39. The van der Waals surface area contributed by atoms with Crippen LogP contribution in [0.2, 0.25) is 0 Å². The Morgan fingerprint density at radius 2 is 2.35 bits per heavy atom. The smallest absolute Gasteiger partial charge is 0.244 e. The summed E-state index contributed by atoms with van der Waals surface area (Å²) in [4.78, 5) is 3.11. The molecule has 0 amide bonds. The van der Waals surface area contributed by atoms with Crippen LogP contribution in [0.1, 0.15) is 19.8 Å². The molecular weight excluding hydrogens is 238 g/mol. The molecule has 1 aliphatic rings. The number of sulfonamides is 1. The van der Waals surface area contributed by atoms with Gasteiger partial charge in [-0.2, -0.15) is 4.31 Å². The molecule has 0 radical (unpaired) electrons. The van der Waals surface area contributed by atoms with Gasteiger partial charge in [0.25, 0.3) is 0 Å². The molecule has 0 saturated carbocycles. The second kappa shape index (κ2) is 4.80. The third-order valence-electron chi connectivity index (χ3n) is 3.48. The number of hydrogen-bond acceptors (Lipinski definition) is 3. The molecule has 0 aliphatic carbocycles. The van der Waals surface area contributed by atoms with Gasteiger partial charge < -0.3 is 10.7 Å². The Hall–Kier alpha value is -0.850. The lowest BCUT2D eigenvalue weighted by Gasteiger charge is -2.38. The molecule has 1 aromatic heterocycles. The van der Waals surface area contributed by atoms with E-state index in [0.717, 1.165) is 12.8 Å². The number of piperidine rings is 1. The average molecular weight is 257 g/mol. The highest BCUT2D eigenvalue weighted by atomic mass is 32.2. The predicted octanol–water partition coefficient (Wildman–Crippen LogP) is 0.763. The van der Waals surface area contributed by atoms with Crippen molar-refractivity contribution in [2.45, 2.75) is 30.7 Å². The van der Waals surface area contributed by atoms with Crippen LogP contribution in [0, 0.1) is 5.92 Å². The SMILES string of the molecule is CC1CCCN(S(=O)(=O)c2cc[nH]c2)C1CN. The lowest BCUT2D eigenvalue weighted by atomic mass is 9.93. The Bertz CT molecular complexity index is 455. The molecular formula is C11H19N3O2S. The van der Waals surface area contributed by atoms with Crippen LogP contribution in [0.15, 0.2) is 23.4 Å². The molecule has 0 aromatic carbocycles. The molecule has 1 fully saturated rings. The van der Waals surface area contributed by atoms with Gasteiger partial charge in [-0.1, -0.05) is 6.92 Å². The van der Waals surface area contributed by atoms with Gasteiger partial charge in [-0.3, -0.25) is 0 Å². The molecule has 1 saturated heterocycles. The highest BCUT2D eigenvalue weighted by molar-refractivity contribution is 7.89. The van der Waals surface area contributed by atoms with Crippen LogP contribution in [0.4, 0.5) is 0 Å². The van der Waals surface area contributed by atoms with Crippen molar-refractivity contribution in [2.24, 2.45) is 11.7 Å². The fourth-order valence-corrected chi connectivity index (χ4v) is 4.21. The summed E-state index contributed by atoms with van der Waals surface area (Å²) in [6, 6.07) is 1.51. The fraction of sp³-hybridized carbons (Fsp3) is 0.636. The number of nitrogens with zero attached hydrogens (tertiary/aromatic N) is 1. The predicted molar refractivity (Wildman–Crippen MR) is 65.9 cm³/mol. The number of rotatable bonds is 3. The summed E-state index contributed by atoms with van der Waals surface area (Å²) in [5.41, 5.74) is 5.72. The van der Waals surface area contributed by atoms with Gasteiger partial charge in [0.15, 0.2) is 0 Å². The Balaban J connectivity index is 2.32. The van der Waals surface area contributed by atoms with E-state index < -0.39 is 10.0 Å². The lowest BCUT2D eigenvalue weighted by Crippen LogP contribution is -2.51. The molecule has 1 aromatic rings. The van der Waals surface area contributed by atoms with Crippen LogP contribution in [0.25, 0.3) is 0 Å². The summed E-state index contributed by atoms with van der Waals surface area (Å²) >= 11 is 0. The summed E-state index contributed by atoms with van der Waals surface area (Å²) in [5.74, 6) is 0.322. The molecule has 96 valence electrons. The van der Waals surface area contributed by atoms with Crippen molar-refractivity contribution in [1.82, 2.24) is 9.29 Å². The number of nitrogens with one attached hydrogen (secondary N) is 1. The van der Waals surface area contributed by atoms with Crippen molar-refractivity contribution < 1.29 is 8.42 Å². The van der Waals surface area contributed by atoms with Crippen molar-refractivity contribution in [1.29, 1.82) is 0 Å². The Kier molecular flexibility index (Phi) is 3.56. The molecule has 2 unspecified atom stereocenters. The largest absolute Gasteiger partial charge is 0.366 e. The minimum Gasteiger partial charge on any atom is -0.366 e. The molecule has 5 nitrogen and oxygen atoms in total. The zero-order valence-corrected chi connectivity index (χ0v) is 10.8. The van der Waals surface area contributed by atoms with Crippen molar-refractivity contribution in [3.8, 4) is 0 Å². The van der Waals surface area contributed by atoms with Gasteiger partial charge in [-0.15, -0.1) is 0 Å². The van der Waals surface area contributed by atoms with E-state index in [0.29, 0.717) is 23.9 Å². The molecule has 0 bridgehead atoms. The molecule has 2 rings (SSSR count). The second-order valence-corrected chi connectivity index (χ2v) is 6.48. The molecule has 0 spiro atoms. The first-order chi connectivity index (χ1) is 8.07. The van der Waals surface area contributed by atoms with E-state index in [2.05, 4.69) is 11.9 Å². The summed E-state index contributed by atoms with van der Waals surface area (Å²) in [5, 5.41) is 0. The Morgan fingerprint density at radius 1 is 1.59 bits per heavy atom. The first kappa shape index (κ1) is 12.6. The summed E-state index contributed by atoms with van der Waals surface area (Å²) in [7, 11) is -3.39. The van der Waals surface area contributed by atoms with Gasteiger partial charge in [0.2, 0.25) is 10.0 Å². The van der Waals surface area contributed by atoms with Crippen LogP contribution in [-0.2, 0) is 10.0 Å². The maximum absolute atomic E-state index is 12.4. The zero-order valence-electron chi connectivity index (χ0n) is 9.96. The first-order valence-electron chi connectivity index (χ1n) is 5.92. The first-order valence-corrected chi connectivity index (χ1v) is 7.36. The molecule has 3 N–H and O–H groups in total. The van der Waals surface area contributed by atoms with Gasteiger partial charge in [0.1, 0.15) is 0 Å². The van der Waals surface area contributed by atoms with Gasteiger partial charge in [-0.25, -0.2) is 8.42 Å². The Morgan fingerprint density at radius 3 is 2.94 bits per heavy atom. The van der Waals surface area contributed by atoms with Gasteiger partial charge >= 0.3 is 0 Å². The topological polar surface area (TPSA) is 79.2 Å². The van der Waals surface area contributed by atoms with Crippen molar-refractivity contribution in [3.63, 3.8) is 0 Å². The number of aromatic nitrogens is 1. The normalized spacial score (nSPS) is 27.2. The molecule has 2 atom stereocenters. The monoisotopic (exact) mass is 257 g/mol. The van der Waals surface area contributed by atoms with Crippen LogP contribution < -0.4 is 5.73 Å². The second-order valence-electron chi connectivity index (χ2n) is 4.59. The minimum absolute atomic E-state index is 0.0800. The van der Waals surface area contributed by atoms with Crippen molar-refractivity contribution in [2.75, 3.05) is 13.1 Å². The van der Waals surface area contributed by atoms with Gasteiger partial charge in [-0.05, 0) is 24.8 Å². The van der Waals surface area contributed by atoms with Gasteiger partial charge in [0, 0.05) is 31.5 Å². The van der Waals surface area contributed by atoms with E-state index in [9.17, 15) is 8.42 Å². The molecule has 1 aliphatic heterocycles. The number of nitrogens with two attached hydrogens (primary N) is 1. The standard InChI is InChI=1S/C11H19N3O2S/c1-9-3-2-6-14(11(9)7-12)17(15,16)10-4-5-13-8-10/h4-5,8-9,11,13H,2-3,6-7,12H2,1H3. The maximum Gasteiger partial charge on any atom is 0.244 e. The third kappa shape index (κ3) is 2.25. The highest BCUT2D eigenvalue weighted by Gasteiger charge is 2.36. The van der Waals surface area contributed by atoms with E-state index >= 15 is 0 Å². The zero-order chi connectivity index (χ0) is 12.5. The fourth-order valence-electron chi connectivity index (χ4n) is 2.46. The van der Waals surface area contributed by atoms with E-state index in [4.69, 9.17) is 5.73 Å². The van der Waals surface area contributed by atoms with E-state index in [1.165, 1.54) is 6.20 Å². The lowest BCUT2D eigenvalue weighted by molar-refractivity contribution is 0.192. The van der Waals surface area contributed by atoms with Crippen LogP contribution in [-0.4, -0.2) is 36.8 Å². The number of aromatic amines is 1. The van der Waals surface area contributed by atoms with E-state index in [1.54, 1.807) is 16.6 Å². The average Bonchev–Trinajstić information content (AvgIpc) is 2.82. The number of hydrogen-bond donors (Lipinski definition) is 2. The maximum atomic E-state index is 12.4. The van der Waals surface area contributed by atoms with Crippen LogP contribution in [0.3, 0.4) is 0 Å². The van der Waals surface area contributed by atoms with E-state index in [1.807, 2.05) is 0 Å². The third-order valence-corrected chi connectivity index (χ3v) is 5.40. The van der Waals surface area contributed by atoms with Gasteiger partial charge in [0.05, 0.1) is 4.90 Å².